The van der Waals surface area contributed by atoms with E-state index in [0.717, 1.165) is 5.69 Å². The highest BCUT2D eigenvalue weighted by molar-refractivity contribution is 5.67. The van der Waals surface area contributed by atoms with Crippen molar-refractivity contribution in [1.29, 1.82) is 0 Å². The molecule has 27 heavy (non-hydrogen) atoms. The SMILES string of the molecule is C(=Cc1cccc[n+]1C=Cc1ccccc1)c1ccccc1.[O-][Cl+3]([O-])([O-])[O-]. The second kappa shape index (κ2) is 10.4. The zero-order chi connectivity index (χ0) is 19.5. The molecule has 0 amide bonds. The van der Waals surface area contributed by atoms with Gasteiger partial charge in [0.05, 0.1) is 0 Å². The van der Waals surface area contributed by atoms with Crippen molar-refractivity contribution >= 4 is 24.4 Å². The topological polar surface area (TPSA) is 96.1 Å². The third kappa shape index (κ3) is 8.91. The van der Waals surface area contributed by atoms with E-state index in [9.17, 15) is 0 Å². The summed E-state index contributed by atoms with van der Waals surface area (Å²) in [5.74, 6) is 0. The molecule has 2 aromatic carbocycles. The lowest BCUT2D eigenvalue weighted by Gasteiger charge is -2.17. The maximum atomic E-state index is 8.49. The Kier molecular flexibility index (Phi) is 7.88. The van der Waals surface area contributed by atoms with Crippen LogP contribution in [0.2, 0.25) is 0 Å². The quantitative estimate of drug-likeness (QED) is 0.593. The number of hydrogen-bond acceptors (Lipinski definition) is 4. The minimum absolute atomic E-state index is 1.14. The number of rotatable bonds is 4. The first kappa shape index (κ1) is 20.5. The predicted molar refractivity (Wildman–Crippen MR) is 93.7 cm³/mol. The molecule has 0 radical (unpaired) electrons. The smallest absolute Gasteiger partial charge is 0.210 e. The van der Waals surface area contributed by atoms with Crippen molar-refractivity contribution in [3.63, 3.8) is 0 Å². The molecule has 1 aromatic heterocycles. The van der Waals surface area contributed by atoms with E-state index in [4.69, 9.17) is 18.6 Å². The van der Waals surface area contributed by atoms with Crippen LogP contribution in [0.5, 0.6) is 0 Å². The third-order valence-electron chi connectivity index (χ3n) is 3.40. The van der Waals surface area contributed by atoms with Gasteiger partial charge in [-0.05, 0) is 23.3 Å². The van der Waals surface area contributed by atoms with Gasteiger partial charge in [-0.15, -0.1) is 10.2 Å². The van der Waals surface area contributed by atoms with Crippen LogP contribution >= 0.6 is 0 Å². The molecule has 3 rings (SSSR count). The van der Waals surface area contributed by atoms with Gasteiger partial charge < -0.3 is 0 Å². The fraction of sp³-hybridized carbons (Fsp3) is 0. The molecule has 0 spiro atoms. The van der Waals surface area contributed by atoms with Crippen molar-refractivity contribution < 1.29 is 33.4 Å². The minimum Gasteiger partial charge on any atom is -0.222 e. The van der Waals surface area contributed by atoms with Gasteiger partial charge in [0.2, 0.25) is 5.69 Å². The van der Waals surface area contributed by atoms with E-state index < -0.39 is 10.2 Å². The minimum atomic E-state index is -4.94. The normalized spacial score (nSPS) is 11.4. The zero-order valence-electron chi connectivity index (χ0n) is 14.4. The van der Waals surface area contributed by atoms with Gasteiger partial charge in [-0.1, -0.05) is 60.7 Å². The Balaban J connectivity index is 0.000000465. The molecule has 0 aliphatic carbocycles. The summed E-state index contributed by atoms with van der Waals surface area (Å²) in [4.78, 5) is 0. The highest BCUT2D eigenvalue weighted by Crippen LogP contribution is 2.06. The summed E-state index contributed by atoms with van der Waals surface area (Å²) in [5.41, 5.74) is 3.53. The maximum Gasteiger partial charge on any atom is 0.210 e. The molecule has 138 valence electrons. The summed E-state index contributed by atoms with van der Waals surface area (Å²) < 4.78 is 36.1. The number of hydrogen-bond donors (Lipinski definition) is 0. The summed E-state index contributed by atoms with van der Waals surface area (Å²) in [6.45, 7) is 0. The molecule has 6 heteroatoms. The fourth-order valence-electron chi connectivity index (χ4n) is 2.22. The number of aromatic nitrogens is 1. The molecule has 1 heterocycles. The van der Waals surface area contributed by atoms with Crippen molar-refractivity contribution in [3.05, 3.63) is 102 Å². The molecule has 0 saturated carbocycles. The Morgan fingerprint density at radius 3 is 1.63 bits per heavy atom. The van der Waals surface area contributed by atoms with Gasteiger partial charge in [0, 0.05) is 24.3 Å². The Morgan fingerprint density at radius 2 is 1.07 bits per heavy atom. The lowest BCUT2D eigenvalue weighted by molar-refractivity contribution is -2.00. The van der Waals surface area contributed by atoms with Gasteiger partial charge in [0.15, 0.2) is 12.4 Å². The third-order valence-corrected chi connectivity index (χ3v) is 3.40. The number of benzene rings is 2. The van der Waals surface area contributed by atoms with Crippen LogP contribution < -0.4 is 23.2 Å². The summed E-state index contributed by atoms with van der Waals surface area (Å²) in [6, 6.07) is 26.8. The molecule has 0 saturated heterocycles. The van der Waals surface area contributed by atoms with Crippen LogP contribution in [0, 0.1) is 10.2 Å². The fourth-order valence-corrected chi connectivity index (χ4v) is 2.22. The van der Waals surface area contributed by atoms with Crippen LogP contribution in [-0.4, -0.2) is 0 Å². The van der Waals surface area contributed by atoms with Crippen molar-refractivity contribution in [2.75, 3.05) is 0 Å². The molecule has 0 fully saturated rings. The number of halogens is 1. The molecule has 0 aliphatic rings. The standard InChI is InChI=1S/C21H18N.ClHO4/c1-3-9-19(10-4-1)14-15-21-13-7-8-17-22(21)18-16-20-11-5-2-6-12-20;2-1(3,4)5/h1-18H;(H,2,3,4,5)/q+1;/p-1. The maximum absolute atomic E-state index is 8.49. The van der Waals surface area contributed by atoms with Crippen molar-refractivity contribution in [2.45, 2.75) is 0 Å². The van der Waals surface area contributed by atoms with Gasteiger partial charge >= 0.3 is 0 Å². The van der Waals surface area contributed by atoms with E-state index >= 15 is 0 Å². The molecule has 3 aromatic rings. The number of nitrogens with zero attached hydrogens (tertiary/aromatic N) is 1. The van der Waals surface area contributed by atoms with E-state index in [2.05, 4.69) is 71.6 Å². The van der Waals surface area contributed by atoms with E-state index in [1.807, 2.05) is 42.5 Å². The van der Waals surface area contributed by atoms with E-state index in [0.29, 0.717) is 0 Å². The molecule has 0 bridgehead atoms. The van der Waals surface area contributed by atoms with Crippen LogP contribution in [0.15, 0.2) is 85.1 Å². The predicted octanol–water partition coefficient (Wildman–Crippen LogP) is 0.0164. The second-order valence-electron chi connectivity index (χ2n) is 5.38. The first-order valence-electron chi connectivity index (χ1n) is 8.00. The first-order valence-corrected chi connectivity index (χ1v) is 9.23. The Hall–Kier alpha value is -2.80. The average Bonchev–Trinajstić information content (AvgIpc) is 2.66. The Labute approximate surface area is 160 Å². The van der Waals surface area contributed by atoms with Gasteiger partial charge in [-0.25, -0.2) is 18.6 Å². The molecule has 5 nitrogen and oxygen atoms in total. The molecular formula is C21H18ClNO4. The molecule has 0 aliphatic heterocycles. The highest BCUT2D eigenvalue weighted by atomic mass is 35.7. The summed E-state index contributed by atoms with van der Waals surface area (Å²) >= 11 is 0. The van der Waals surface area contributed by atoms with Crippen LogP contribution in [0.4, 0.5) is 0 Å². The van der Waals surface area contributed by atoms with E-state index in [1.165, 1.54) is 11.1 Å². The van der Waals surface area contributed by atoms with Crippen molar-refractivity contribution in [1.82, 2.24) is 0 Å². The highest BCUT2D eigenvalue weighted by Gasteiger charge is 2.02. The first-order chi connectivity index (χ1) is 12.9. The largest absolute Gasteiger partial charge is 0.222 e. The Bertz CT molecular complexity index is 801. The van der Waals surface area contributed by atoms with Crippen LogP contribution in [0.1, 0.15) is 16.8 Å². The summed E-state index contributed by atoms with van der Waals surface area (Å²) in [5, 5.41) is 0. The Morgan fingerprint density at radius 1 is 0.593 bits per heavy atom. The van der Waals surface area contributed by atoms with Gasteiger partial charge in [-0.3, -0.25) is 0 Å². The summed E-state index contributed by atoms with van der Waals surface area (Å²) in [6.07, 6.45) is 10.5. The lowest BCUT2D eigenvalue weighted by atomic mass is 10.2. The van der Waals surface area contributed by atoms with Crippen LogP contribution in [0.25, 0.3) is 24.4 Å². The molecule has 0 unspecified atom stereocenters. The van der Waals surface area contributed by atoms with Gasteiger partial charge in [-0.2, -0.15) is 4.57 Å². The number of pyridine rings is 1. The average molecular weight is 384 g/mol. The van der Waals surface area contributed by atoms with Crippen molar-refractivity contribution in [2.24, 2.45) is 0 Å². The monoisotopic (exact) mass is 383 g/mol. The molecule has 0 N–H and O–H groups in total. The zero-order valence-corrected chi connectivity index (χ0v) is 15.1. The van der Waals surface area contributed by atoms with E-state index in [1.54, 1.807) is 0 Å². The van der Waals surface area contributed by atoms with Gasteiger partial charge in [0.25, 0.3) is 0 Å². The van der Waals surface area contributed by atoms with Crippen molar-refractivity contribution in [3.8, 4) is 0 Å². The summed E-state index contributed by atoms with van der Waals surface area (Å²) in [7, 11) is -4.94. The molecular weight excluding hydrogens is 366 g/mol. The van der Waals surface area contributed by atoms with Crippen LogP contribution in [0.3, 0.4) is 0 Å². The van der Waals surface area contributed by atoms with Gasteiger partial charge in [0.1, 0.15) is 0 Å². The lowest BCUT2D eigenvalue weighted by Crippen LogP contribution is -2.68. The van der Waals surface area contributed by atoms with Crippen LogP contribution in [-0.2, 0) is 0 Å². The van der Waals surface area contributed by atoms with E-state index in [-0.39, 0.29) is 0 Å². The molecule has 0 atom stereocenters. The second-order valence-corrected chi connectivity index (χ2v) is 6.14.